The summed E-state index contributed by atoms with van der Waals surface area (Å²) < 4.78 is 23.9. The van der Waals surface area contributed by atoms with Crippen LogP contribution < -0.4 is 5.32 Å². The first-order chi connectivity index (χ1) is 7.18. The van der Waals surface area contributed by atoms with Gasteiger partial charge in [-0.05, 0) is 36.1 Å². The van der Waals surface area contributed by atoms with Gasteiger partial charge in [0.2, 0.25) is 0 Å². The van der Waals surface area contributed by atoms with Crippen molar-refractivity contribution in [3.05, 3.63) is 29.3 Å². The Morgan fingerprint density at radius 1 is 1.13 bits per heavy atom. The molecule has 0 atom stereocenters. The summed E-state index contributed by atoms with van der Waals surface area (Å²) in [6, 6.07) is 5.52. The smallest absolute Gasteiger partial charge is 0.181 e. The highest BCUT2D eigenvalue weighted by Gasteiger charge is 2.37. The van der Waals surface area contributed by atoms with E-state index in [1.807, 2.05) is 12.1 Å². The lowest BCUT2D eigenvalue weighted by atomic mass is 10.1. The number of sulfone groups is 1. The third-order valence-electron chi connectivity index (χ3n) is 3.10. The molecule has 3 nitrogen and oxygen atoms in total. The molecule has 1 aromatic rings. The van der Waals surface area contributed by atoms with Crippen LogP contribution >= 0.6 is 0 Å². The monoisotopic (exact) mass is 223 g/mol. The fourth-order valence-electron chi connectivity index (χ4n) is 2.02. The molecule has 0 radical (unpaired) electrons. The van der Waals surface area contributed by atoms with Crippen molar-refractivity contribution in [3.63, 3.8) is 0 Å². The highest BCUT2D eigenvalue weighted by Crippen LogP contribution is 2.34. The fraction of sp³-hybridized carbons (Fsp3) is 0.455. The molecule has 1 aliphatic heterocycles. The summed E-state index contributed by atoms with van der Waals surface area (Å²) in [6.07, 6.45) is 1.66. The molecule has 0 amide bonds. The van der Waals surface area contributed by atoms with Crippen LogP contribution in [0.4, 0.5) is 0 Å². The zero-order valence-corrected chi connectivity index (χ0v) is 9.18. The topological polar surface area (TPSA) is 46.2 Å². The Bertz CT molecular complexity index is 503. The Kier molecular flexibility index (Phi) is 1.91. The number of hydrogen-bond acceptors (Lipinski definition) is 3. The Morgan fingerprint density at radius 3 is 2.60 bits per heavy atom. The molecule has 2 aliphatic rings. The lowest BCUT2D eigenvalue weighted by Crippen LogP contribution is -2.07. The SMILES string of the molecule is O=S(=O)(c1ccc2c(c1)CNC2)C1CC1. The second-order valence-corrected chi connectivity index (χ2v) is 6.51. The molecule has 1 N–H and O–H groups in total. The minimum atomic E-state index is -3.02. The van der Waals surface area contributed by atoms with Gasteiger partial charge >= 0.3 is 0 Å². The van der Waals surface area contributed by atoms with Gasteiger partial charge in [-0.1, -0.05) is 6.07 Å². The summed E-state index contributed by atoms with van der Waals surface area (Å²) in [5.74, 6) is 0. The third-order valence-corrected chi connectivity index (χ3v) is 5.36. The number of fused-ring (bicyclic) bond motifs is 1. The van der Waals surface area contributed by atoms with Crippen molar-refractivity contribution in [1.82, 2.24) is 5.32 Å². The average Bonchev–Trinajstić information content (AvgIpc) is 2.97. The zero-order chi connectivity index (χ0) is 10.5. The van der Waals surface area contributed by atoms with Crippen LogP contribution in [0.3, 0.4) is 0 Å². The number of rotatable bonds is 2. The van der Waals surface area contributed by atoms with Crippen LogP contribution in [0.15, 0.2) is 23.1 Å². The van der Waals surface area contributed by atoms with Gasteiger partial charge in [-0.3, -0.25) is 0 Å². The van der Waals surface area contributed by atoms with Crippen LogP contribution in [0.1, 0.15) is 24.0 Å². The van der Waals surface area contributed by atoms with Crippen molar-refractivity contribution in [2.24, 2.45) is 0 Å². The van der Waals surface area contributed by atoms with Gasteiger partial charge in [0.05, 0.1) is 10.1 Å². The summed E-state index contributed by atoms with van der Waals surface area (Å²) in [7, 11) is -3.02. The van der Waals surface area contributed by atoms with Crippen molar-refractivity contribution in [3.8, 4) is 0 Å². The minimum absolute atomic E-state index is 0.107. The Labute approximate surface area is 89.4 Å². The minimum Gasteiger partial charge on any atom is -0.309 e. The normalized spacial score (nSPS) is 20.3. The van der Waals surface area contributed by atoms with Gasteiger partial charge in [-0.25, -0.2) is 8.42 Å². The molecule has 1 aliphatic carbocycles. The van der Waals surface area contributed by atoms with Gasteiger partial charge in [0.15, 0.2) is 9.84 Å². The molecule has 4 heteroatoms. The van der Waals surface area contributed by atoms with Crippen molar-refractivity contribution < 1.29 is 8.42 Å². The van der Waals surface area contributed by atoms with E-state index < -0.39 is 9.84 Å². The highest BCUT2D eigenvalue weighted by atomic mass is 32.2. The molecule has 0 spiro atoms. The highest BCUT2D eigenvalue weighted by molar-refractivity contribution is 7.92. The first kappa shape index (κ1) is 9.36. The molecule has 3 rings (SSSR count). The van der Waals surface area contributed by atoms with Crippen molar-refractivity contribution in [2.45, 2.75) is 36.1 Å². The number of hydrogen-bond donors (Lipinski definition) is 1. The Morgan fingerprint density at radius 2 is 1.87 bits per heavy atom. The van der Waals surface area contributed by atoms with Gasteiger partial charge in [0.25, 0.3) is 0 Å². The summed E-state index contributed by atoms with van der Waals surface area (Å²) in [4.78, 5) is 0.507. The molecule has 0 unspecified atom stereocenters. The molecular weight excluding hydrogens is 210 g/mol. The second-order valence-electron chi connectivity index (χ2n) is 4.28. The van der Waals surface area contributed by atoms with E-state index in [9.17, 15) is 8.42 Å². The quantitative estimate of drug-likeness (QED) is 0.820. The predicted molar refractivity (Wildman–Crippen MR) is 57.2 cm³/mol. The summed E-state index contributed by atoms with van der Waals surface area (Å²) in [5, 5.41) is 3.11. The van der Waals surface area contributed by atoms with Crippen LogP contribution in [-0.4, -0.2) is 13.7 Å². The van der Waals surface area contributed by atoms with E-state index in [0.717, 1.165) is 31.5 Å². The van der Waals surface area contributed by atoms with E-state index >= 15 is 0 Å². The van der Waals surface area contributed by atoms with E-state index in [1.165, 1.54) is 5.56 Å². The molecule has 1 heterocycles. The molecule has 0 bridgehead atoms. The van der Waals surface area contributed by atoms with Gasteiger partial charge in [0, 0.05) is 13.1 Å². The maximum Gasteiger partial charge on any atom is 0.181 e. The van der Waals surface area contributed by atoms with Crippen LogP contribution in [0, 0.1) is 0 Å². The number of nitrogens with one attached hydrogen (secondary N) is 1. The second kappa shape index (κ2) is 3.06. The Balaban J connectivity index is 2.06. The van der Waals surface area contributed by atoms with Crippen LogP contribution in [-0.2, 0) is 22.9 Å². The first-order valence-electron chi connectivity index (χ1n) is 5.24. The van der Waals surface area contributed by atoms with E-state index in [-0.39, 0.29) is 5.25 Å². The largest absolute Gasteiger partial charge is 0.309 e. The molecule has 1 saturated carbocycles. The number of benzene rings is 1. The predicted octanol–water partition coefficient (Wildman–Crippen LogP) is 1.23. The lowest BCUT2D eigenvalue weighted by molar-refractivity contribution is 0.594. The van der Waals surface area contributed by atoms with E-state index in [1.54, 1.807) is 6.07 Å². The van der Waals surface area contributed by atoms with E-state index in [0.29, 0.717) is 4.90 Å². The Hall–Kier alpha value is -0.870. The summed E-state index contributed by atoms with van der Waals surface area (Å²) >= 11 is 0. The van der Waals surface area contributed by atoms with Gasteiger partial charge in [-0.15, -0.1) is 0 Å². The lowest BCUT2D eigenvalue weighted by Gasteiger charge is -2.04. The molecule has 80 valence electrons. The van der Waals surface area contributed by atoms with Crippen molar-refractivity contribution >= 4 is 9.84 Å². The molecule has 15 heavy (non-hydrogen) atoms. The van der Waals surface area contributed by atoms with Crippen molar-refractivity contribution in [1.29, 1.82) is 0 Å². The van der Waals surface area contributed by atoms with E-state index in [4.69, 9.17) is 0 Å². The molecule has 0 saturated heterocycles. The molecule has 1 aromatic carbocycles. The summed E-state index contributed by atoms with van der Waals surface area (Å²) in [6.45, 7) is 1.66. The first-order valence-corrected chi connectivity index (χ1v) is 6.79. The third kappa shape index (κ3) is 1.48. The average molecular weight is 223 g/mol. The standard InChI is InChI=1S/C11H13NO2S/c13-15(14,10-3-4-10)11-2-1-8-6-12-7-9(8)5-11/h1-2,5,10,12H,3-4,6-7H2. The molecular formula is C11H13NO2S. The van der Waals surface area contributed by atoms with Gasteiger partial charge in [0.1, 0.15) is 0 Å². The molecule has 1 fully saturated rings. The van der Waals surface area contributed by atoms with Crippen LogP contribution in [0.5, 0.6) is 0 Å². The summed E-state index contributed by atoms with van der Waals surface area (Å²) in [5.41, 5.74) is 2.36. The zero-order valence-electron chi connectivity index (χ0n) is 8.36. The van der Waals surface area contributed by atoms with Crippen LogP contribution in [0.2, 0.25) is 0 Å². The van der Waals surface area contributed by atoms with Gasteiger partial charge < -0.3 is 5.32 Å². The maximum atomic E-state index is 12.0. The van der Waals surface area contributed by atoms with Crippen LogP contribution in [0.25, 0.3) is 0 Å². The van der Waals surface area contributed by atoms with Crippen molar-refractivity contribution in [2.75, 3.05) is 0 Å². The molecule has 0 aromatic heterocycles. The maximum absolute atomic E-state index is 12.0. The van der Waals surface area contributed by atoms with Gasteiger partial charge in [-0.2, -0.15) is 0 Å². The van der Waals surface area contributed by atoms with E-state index in [2.05, 4.69) is 5.32 Å². The fourth-order valence-corrected chi connectivity index (χ4v) is 3.72.